The second kappa shape index (κ2) is 6.19. The van der Waals surface area contributed by atoms with Crippen LogP contribution in [0, 0.1) is 5.92 Å². The monoisotopic (exact) mass is 340 g/mol. The molecule has 1 unspecified atom stereocenters. The number of fused-ring (bicyclic) bond motifs is 1. The minimum absolute atomic E-state index is 0.112. The average molecular weight is 340 g/mol. The fraction of sp³-hybridized carbons (Fsp3) is 0.467. The van der Waals surface area contributed by atoms with Crippen molar-refractivity contribution in [1.82, 2.24) is 4.90 Å². The zero-order valence-electron chi connectivity index (χ0n) is 13.3. The summed E-state index contributed by atoms with van der Waals surface area (Å²) in [7, 11) is -1.76. The Labute approximate surface area is 135 Å². The number of carboxylic acid groups (broad SMARTS) is 1. The van der Waals surface area contributed by atoms with E-state index >= 15 is 0 Å². The van der Waals surface area contributed by atoms with Crippen LogP contribution in [0.25, 0.3) is 0 Å². The summed E-state index contributed by atoms with van der Waals surface area (Å²) in [5.41, 5.74) is 1.84. The van der Waals surface area contributed by atoms with Crippen molar-refractivity contribution in [1.29, 1.82) is 0 Å². The minimum Gasteiger partial charge on any atom is -0.481 e. The van der Waals surface area contributed by atoms with Crippen LogP contribution in [0.3, 0.4) is 0 Å². The maximum Gasteiger partial charge on any atom is 0.308 e. The average Bonchev–Trinajstić information content (AvgIpc) is 2.88. The number of carbonyl (C=O) groups is 2. The summed E-state index contributed by atoms with van der Waals surface area (Å²) >= 11 is 0. The van der Waals surface area contributed by atoms with Gasteiger partial charge < -0.3 is 10.0 Å². The number of carboxylic acids is 1. The SMILES string of the molecule is CC(CN(C)C(=O)c1ccc2c(c1)CCN2S(C)(=O)=O)C(=O)O. The van der Waals surface area contributed by atoms with Crippen LogP contribution in [0.1, 0.15) is 22.8 Å². The van der Waals surface area contributed by atoms with Crippen LogP contribution in [0.15, 0.2) is 18.2 Å². The van der Waals surface area contributed by atoms with Crippen LogP contribution in [0.4, 0.5) is 5.69 Å². The van der Waals surface area contributed by atoms with Crippen molar-refractivity contribution < 1.29 is 23.1 Å². The molecule has 126 valence electrons. The van der Waals surface area contributed by atoms with Gasteiger partial charge >= 0.3 is 5.97 Å². The number of hydrogen-bond donors (Lipinski definition) is 1. The number of aliphatic carboxylic acids is 1. The van der Waals surface area contributed by atoms with E-state index in [0.717, 1.165) is 11.8 Å². The van der Waals surface area contributed by atoms with Gasteiger partial charge in [-0.2, -0.15) is 0 Å². The van der Waals surface area contributed by atoms with Crippen molar-refractivity contribution in [3.05, 3.63) is 29.3 Å². The molecular formula is C15H20N2O5S. The zero-order valence-corrected chi connectivity index (χ0v) is 14.1. The lowest BCUT2D eigenvalue weighted by Gasteiger charge is -2.20. The Morgan fingerprint density at radius 1 is 1.39 bits per heavy atom. The Bertz CT molecular complexity index is 744. The predicted octanol–water partition coefficient (Wildman–Crippen LogP) is 0.801. The minimum atomic E-state index is -3.32. The van der Waals surface area contributed by atoms with Gasteiger partial charge in [-0.3, -0.25) is 13.9 Å². The molecule has 0 saturated heterocycles. The Balaban J connectivity index is 2.20. The Morgan fingerprint density at radius 3 is 2.61 bits per heavy atom. The molecule has 1 aliphatic rings. The van der Waals surface area contributed by atoms with Crippen LogP contribution >= 0.6 is 0 Å². The quantitative estimate of drug-likeness (QED) is 0.855. The highest BCUT2D eigenvalue weighted by Crippen LogP contribution is 2.30. The predicted molar refractivity (Wildman–Crippen MR) is 86.1 cm³/mol. The van der Waals surface area contributed by atoms with Crippen molar-refractivity contribution in [3.8, 4) is 0 Å². The molecule has 7 nitrogen and oxygen atoms in total. The van der Waals surface area contributed by atoms with Gasteiger partial charge in [-0.05, 0) is 30.2 Å². The number of carbonyl (C=O) groups excluding carboxylic acids is 1. The zero-order chi connectivity index (χ0) is 17.4. The van der Waals surface area contributed by atoms with E-state index in [1.807, 2.05) is 0 Å². The Hall–Kier alpha value is -2.09. The first kappa shape index (κ1) is 17.3. The molecule has 1 aliphatic heterocycles. The molecule has 1 N–H and O–H groups in total. The smallest absolute Gasteiger partial charge is 0.308 e. The van der Waals surface area contributed by atoms with Crippen molar-refractivity contribution in [2.75, 3.05) is 30.7 Å². The highest BCUT2D eigenvalue weighted by atomic mass is 32.2. The second-order valence-corrected chi connectivity index (χ2v) is 7.76. The largest absolute Gasteiger partial charge is 0.481 e. The topological polar surface area (TPSA) is 95.0 Å². The van der Waals surface area contributed by atoms with Crippen LogP contribution in [-0.2, 0) is 21.2 Å². The first-order chi connectivity index (χ1) is 10.6. The number of nitrogens with zero attached hydrogens (tertiary/aromatic N) is 2. The van der Waals surface area contributed by atoms with Crippen LogP contribution < -0.4 is 4.31 Å². The van der Waals surface area contributed by atoms with Gasteiger partial charge in [-0.15, -0.1) is 0 Å². The molecule has 1 amide bonds. The van der Waals surface area contributed by atoms with Gasteiger partial charge in [0.2, 0.25) is 10.0 Å². The molecule has 0 aliphatic carbocycles. The van der Waals surface area contributed by atoms with Gasteiger partial charge in [-0.25, -0.2) is 8.42 Å². The summed E-state index contributed by atoms with van der Waals surface area (Å²) in [5, 5.41) is 8.92. The fourth-order valence-electron chi connectivity index (χ4n) is 2.64. The van der Waals surface area contributed by atoms with E-state index in [1.165, 1.54) is 9.21 Å². The van der Waals surface area contributed by atoms with Gasteiger partial charge in [0.15, 0.2) is 0 Å². The maximum absolute atomic E-state index is 12.4. The number of hydrogen-bond acceptors (Lipinski definition) is 4. The molecule has 8 heteroatoms. The van der Waals surface area contributed by atoms with Gasteiger partial charge in [0.1, 0.15) is 0 Å². The van der Waals surface area contributed by atoms with Crippen molar-refractivity contribution in [2.45, 2.75) is 13.3 Å². The molecule has 1 heterocycles. The third-order valence-electron chi connectivity index (χ3n) is 3.90. The van der Waals surface area contributed by atoms with Gasteiger partial charge in [0.05, 0.1) is 17.9 Å². The highest BCUT2D eigenvalue weighted by Gasteiger charge is 2.27. The van der Waals surface area contributed by atoms with Crippen LogP contribution in [-0.4, -0.2) is 56.7 Å². The third-order valence-corrected chi connectivity index (χ3v) is 5.08. The summed E-state index contributed by atoms with van der Waals surface area (Å²) in [5.74, 6) is -1.89. The van der Waals surface area contributed by atoms with Crippen molar-refractivity contribution in [2.24, 2.45) is 5.92 Å². The van der Waals surface area contributed by atoms with E-state index in [2.05, 4.69) is 0 Å². The van der Waals surface area contributed by atoms with E-state index in [-0.39, 0.29) is 12.5 Å². The van der Waals surface area contributed by atoms with E-state index in [4.69, 9.17) is 5.11 Å². The van der Waals surface area contributed by atoms with E-state index in [1.54, 1.807) is 32.2 Å². The number of sulfonamides is 1. The van der Waals surface area contributed by atoms with E-state index in [9.17, 15) is 18.0 Å². The van der Waals surface area contributed by atoms with Crippen molar-refractivity contribution in [3.63, 3.8) is 0 Å². The molecule has 1 aromatic rings. The fourth-order valence-corrected chi connectivity index (χ4v) is 3.60. The lowest BCUT2D eigenvalue weighted by Crippen LogP contribution is -2.33. The summed E-state index contributed by atoms with van der Waals surface area (Å²) in [4.78, 5) is 24.6. The van der Waals surface area contributed by atoms with Crippen molar-refractivity contribution >= 4 is 27.6 Å². The molecule has 0 spiro atoms. The van der Waals surface area contributed by atoms with E-state index < -0.39 is 21.9 Å². The number of benzene rings is 1. The molecule has 2 rings (SSSR count). The summed E-state index contributed by atoms with van der Waals surface area (Å²) in [6, 6.07) is 4.89. The molecule has 0 aromatic heterocycles. The highest BCUT2D eigenvalue weighted by molar-refractivity contribution is 7.92. The second-order valence-electron chi connectivity index (χ2n) is 5.85. The summed E-state index contributed by atoms with van der Waals surface area (Å²) in [6.07, 6.45) is 1.71. The lowest BCUT2D eigenvalue weighted by molar-refractivity contribution is -0.141. The number of amides is 1. The van der Waals surface area contributed by atoms with Gasteiger partial charge in [0.25, 0.3) is 5.91 Å². The number of rotatable bonds is 5. The number of anilines is 1. The third kappa shape index (κ3) is 3.64. The van der Waals surface area contributed by atoms with E-state index in [0.29, 0.717) is 24.2 Å². The Kier molecular flexibility index (Phi) is 4.65. The molecule has 23 heavy (non-hydrogen) atoms. The molecule has 0 saturated carbocycles. The maximum atomic E-state index is 12.4. The molecule has 1 aromatic carbocycles. The standard InChI is InChI=1S/C15H20N2O5S/c1-10(15(19)20)9-16(2)14(18)12-4-5-13-11(8-12)6-7-17(13)23(3,21)22/h4-5,8,10H,6-7,9H2,1-3H3,(H,19,20). The summed E-state index contributed by atoms with van der Waals surface area (Å²) in [6.45, 7) is 2.03. The van der Waals surface area contributed by atoms with Gasteiger partial charge in [-0.1, -0.05) is 6.92 Å². The molecular weight excluding hydrogens is 320 g/mol. The first-order valence-corrected chi connectivity index (χ1v) is 9.05. The van der Waals surface area contributed by atoms with Crippen LogP contribution in [0.5, 0.6) is 0 Å². The Morgan fingerprint density at radius 2 is 2.04 bits per heavy atom. The normalized spacial score (nSPS) is 15.2. The summed E-state index contributed by atoms with van der Waals surface area (Å²) < 4.78 is 24.7. The lowest BCUT2D eigenvalue weighted by atomic mass is 10.1. The molecule has 0 radical (unpaired) electrons. The molecule has 0 bridgehead atoms. The molecule has 0 fully saturated rings. The van der Waals surface area contributed by atoms with Crippen LogP contribution in [0.2, 0.25) is 0 Å². The van der Waals surface area contributed by atoms with Gasteiger partial charge in [0, 0.05) is 25.7 Å². The first-order valence-electron chi connectivity index (χ1n) is 7.20. The molecule has 1 atom stereocenters.